The Labute approximate surface area is 168 Å². The molecule has 0 spiro atoms. The SMILES string of the molecule is C=C.CCCCOCCCC.CCOCC.OCCO.OCCOCCO. The van der Waals surface area contributed by atoms with Crippen LogP contribution in [-0.4, -0.2) is 86.5 Å². The Bertz CT molecular complexity index is 158. The lowest BCUT2D eigenvalue weighted by Crippen LogP contribution is -2.03. The van der Waals surface area contributed by atoms with E-state index in [1.807, 2.05) is 13.8 Å². The van der Waals surface area contributed by atoms with Crippen LogP contribution in [-0.2, 0) is 14.2 Å². The van der Waals surface area contributed by atoms with Gasteiger partial charge in [-0.25, -0.2) is 0 Å². The van der Waals surface area contributed by atoms with E-state index < -0.39 is 0 Å². The number of rotatable bonds is 13. The van der Waals surface area contributed by atoms with Crippen molar-refractivity contribution in [2.24, 2.45) is 0 Å². The monoisotopic (exact) mass is 400 g/mol. The Morgan fingerprint density at radius 2 is 0.852 bits per heavy atom. The zero-order valence-electron chi connectivity index (χ0n) is 18.3. The van der Waals surface area contributed by atoms with Crippen molar-refractivity contribution in [3.8, 4) is 0 Å². The molecule has 0 radical (unpaired) electrons. The second-order valence-electron chi connectivity index (χ2n) is 4.61. The Morgan fingerprint density at radius 3 is 1.04 bits per heavy atom. The van der Waals surface area contributed by atoms with E-state index in [2.05, 4.69) is 31.7 Å². The molecule has 0 aromatic heterocycles. The number of aliphatic hydroxyl groups is 4. The first-order valence-electron chi connectivity index (χ1n) is 9.83. The van der Waals surface area contributed by atoms with E-state index >= 15 is 0 Å². The Balaban J connectivity index is -0.0000000804. The van der Waals surface area contributed by atoms with E-state index in [0.29, 0.717) is 13.2 Å². The molecule has 0 aliphatic heterocycles. The first-order chi connectivity index (χ1) is 13.2. The standard InChI is InChI=1S/C8H18O.C4H10O3.C4H10O.C2H6O2.C2H4/c1-3-5-7-9-8-6-4-2;5-1-3-7-4-2-6;1-3-5-4-2;3-1-2-4;1-2/h3-8H2,1-2H3;5-6H,1-4H2;3-4H2,1-2H3;3-4H,1-2H2;1-2H2. The van der Waals surface area contributed by atoms with Crippen LogP contribution >= 0.6 is 0 Å². The highest BCUT2D eigenvalue weighted by molar-refractivity contribution is 4.33. The molecule has 0 bridgehead atoms. The van der Waals surface area contributed by atoms with Gasteiger partial charge in [-0.3, -0.25) is 0 Å². The van der Waals surface area contributed by atoms with E-state index in [4.69, 9.17) is 29.9 Å². The Hall–Kier alpha value is -0.540. The summed E-state index contributed by atoms with van der Waals surface area (Å²) in [6, 6.07) is 0. The van der Waals surface area contributed by atoms with E-state index in [0.717, 1.165) is 26.4 Å². The van der Waals surface area contributed by atoms with Gasteiger partial charge in [-0.2, -0.15) is 0 Å². The van der Waals surface area contributed by atoms with Gasteiger partial charge < -0.3 is 34.6 Å². The lowest BCUT2D eigenvalue weighted by atomic mass is 10.3. The van der Waals surface area contributed by atoms with Crippen LogP contribution in [0.3, 0.4) is 0 Å². The molecule has 0 saturated heterocycles. The summed E-state index contributed by atoms with van der Waals surface area (Å²) in [5, 5.41) is 31.4. The third-order valence-corrected chi connectivity index (χ3v) is 2.26. The molecule has 7 heteroatoms. The molecule has 0 aromatic rings. The highest BCUT2D eigenvalue weighted by atomic mass is 16.5. The maximum Gasteiger partial charge on any atom is 0.0698 e. The number of ether oxygens (including phenoxy) is 3. The van der Waals surface area contributed by atoms with Crippen LogP contribution in [0.2, 0.25) is 0 Å². The molecule has 0 fully saturated rings. The van der Waals surface area contributed by atoms with Crippen LogP contribution in [0.5, 0.6) is 0 Å². The van der Waals surface area contributed by atoms with Crippen molar-refractivity contribution in [3.05, 3.63) is 13.2 Å². The largest absolute Gasteiger partial charge is 0.394 e. The molecule has 7 nitrogen and oxygen atoms in total. The summed E-state index contributed by atoms with van der Waals surface area (Å²) in [4.78, 5) is 0. The highest BCUT2D eigenvalue weighted by Gasteiger charge is 1.84. The van der Waals surface area contributed by atoms with Crippen molar-refractivity contribution in [1.82, 2.24) is 0 Å². The predicted octanol–water partition coefficient (Wildman–Crippen LogP) is 2.41. The van der Waals surface area contributed by atoms with Gasteiger partial charge in [-0.1, -0.05) is 26.7 Å². The molecule has 0 rings (SSSR count). The molecule has 170 valence electrons. The van der Waals surface area contributed by atoms with Gasteiger partial charge in [0, 0.05) is 26.4 Å². The van der Waals surface area contributed by atoms with Crippen LogP contribution in [0.1, 0.15) is 53.4 Å². The first kappa shape index (κ1) is 37.2. The normalized spacial score (nSPS) is 8.59. The van der Waals surface area contributed by atoms with Gasteiger partial charge in [0.05, 0.1) is 39.6 Å². The second-order valence-corrected chi connectivity index (χ2v) is 4.61. The number of aliphatic hydroxyl groups excluding tert-OH is 4. The summed E-state index contributed by atoms with van der Waals surface area (Å²) in [5.41, 5.74) is 0. The Kier molecular flexibility index (Phi) is 77.6. The van der Waals surface area contributed by atoms with Gasteiger partial charge >= 0.3 is 0 Å². The van der Waals surface area contributed by atoms with Gasteiger partial charge in [0.25, 0.3) is 0 Å². The quantitative estimate of drug-likeness (QED) is 0.278. The topological polar surface area (TPSA) is 109 Å². The maximum atomic E-state index is 8.09. The highest BCUT2D eigenvalue weighted by Crippen LogP contribution is 1.91. The van der Waals surface area contributed by atoms with Gasteiger partial charge in [0.1, 0.15) is 0 Å². The molecule has 0 aliphatic rings. The zero-order valence-corrected chi connectivity index (χ0v) is 18.3. The summed E-state index contributed by atoms with van der Waals surface area (Å²) >= 11 is 0. The first-order valence-corrected chi connectivity index (χ1v) is 9.83. The average molecular weight is 401 g/mol. The third-order valence-electron chi connectivity index (χ3n) is 2.26. The molecule has 0 aliphatic carbocycles. The number of unbranched alkanes of at least 4 members (excludes halogenated alkanes) is 2. The van der Waals surface area contributed by atoms with Gasteiger partial charge in [0.2, 0.25) is 0 Å². The number of hydrogen-bond donors (Lipinski definition) is 4. The summed E-state index contributed by atoms with van der Waals surface area (Å²) in [7, 11) is 0. The van der Waals surface area contributed by atoms with Gasteiger partial charge in [-0.05, 0) is 26.7 Å². The average Bonchev–Trinajstić information content (AvgIpc) is 2.72. The van der Waals surface area contributed by atoms with Crippen LogP contribution in [0, 0.1) is 0 Å². The van der Waals surface area contributed by atoms with Crippen LogP contribution in [0.4, 0.5) is 0 Å². The lowest BCUT2D eigenvalue weighted by molar-refractivity contribution is 0.0650. The van der Waals surface area contributed by atoms with Crippen molar-refractivity contribution in [2.45, 2.75) is 53.4 Å². The predicted molar refractivity (Wildman–Crippen MR) is 113 cm³/mol. The van der Waals surface area contributed by atoms with Gasteiger partial charge in [0.15, 0.2) is 0 Å². The summed E-state index contributed by atoms with van der Waals surface area (Å²) in [6.45, 7) is 18.4. The molecule has 27 heavy (non-hydrogen) atoms. The van der Waals surface area contributed by atoms with E-state index in [9.17, 15) is 0 Å². The summed E-state index contributed by atoms with van der Waals surface area (Å²) in [6.07, 6.45) is 4.91. The molecule has 0 atom stereocenters. The zero-order chi connectivity index (χ0) is 22.0. The minimum Gasteiger partial charge on any atom is -0.394 e. The maximum absolute atomic E-state index is 8.09. The van der Waals surface area contributed by atoms with Crippen molar-refractivity contribution in [1.29, 1.82) is 0 Å². The fourth-order valence-electron chi connectivity index (χ4n) is 1.03. The molecule has 4 N–H and O–H groups in total. The fourth-order valence-corrected chi connectivity index (χ4v) is 1.03. The van der Waals surface area contributed by atoms with E-state index in [1.165, 1.54) is 25.7 Å². The van der Waals surface area contributed by atoms with Gasteiger partial charge in [-0.15, -0.1) is 13.2 Å². The number of hydrogen-bond acceptors (Lipinski definition) is 7. The van der Waals surface area contributed by atoms with Crippen LogP contribution in [0.15, 0.2) is 13.2 Å². The van der Waals surface area contributed by atoms with Crippen molar-refractivity contribution in [2.75, 3.05) is 66.1 Å². The smallest absolute Gasteiger partial charge is 0.0698 e. The molecule has 0 heterocycles. The molecule has 0 saturated carbocycles. The van der Waals surface area contributed by atoms with E-state index in [-0.39, 0.29) is 26.4 Å². The van der Waals surface area contributed by atoms with Crippen molar-refractivity contribution in [3.63, 3.8) is 0 Å². The minimum atomic E-state index is -0.125. The Morgan fingerprint density at radius 1 is 0.519 bits per heavy atom. The molecular formula is C20H48O7. The summed E-state index contributed by atoms with van der Waals surface area (Å²) in [5.74, 6) is 0. The van der Waals surface area contributed by atoms with Crippen LogP contribution < -0.4 is 0 Å². The second kappa shape index (κ2) is 56.2. The van der Waals surface area contributed by atoms with Crippen molar-refractivity contribution < 1.29 is 34.6 Å². The minimum absolute atomic E-state index is 0.0278. The van der Waals surface area contributed by atoms with Crippen LogP contribution in [0.25, 0.3) is 0 Å². The molecule has 0 aromatic carbocycles. The molecular weight excluding hydrogens is 352 g/mol. The van der Waals surface area contributed by atoms with Crippen molar-refractivity contribution >= 4 is 0 Å². The molecule has 0 amide bonds. The van der Waals surface area contributed by atoms with E-state index in [1.54, 1.807) is 0 Å². The molecule has 0 unspecified atom stereocenters. The summed E-state index contributed by atoms with van der Waals surface area (Å²) < 4.78 is 14.8. The fraction of sp³-hybridized carbons (Fsp3) is 0.900. The lowest BCUT2D eigenvalue weighted by Gasteiger charge is -1.99. The third kappa shape index (κ3) is 90.3.